The van der Waals surface area contributed by atoms with Gasteiger partial charge in [0.2, 0.25) is 0 Å². The van der Waals surface area contributed by atoms with Crippen LogP contribution in [0.25, 0.3) is 0 Å². The monoisotopic (exact) mass is 404 g/mol. The molecule has 0 radical (unpaired) electrons. The Balaban J connectivity index is 0.00000117. The van der Waals surface area contributed by atoms with E-state index in [1.807, 2.05) is 20.8 Å². The van der Waals surface area contributed by atoms with Gasteiger partial charge >= 0.3 is 0 Å². The summed E-state index contributed by atoms with van der Waals surface area (Å²) in [5, 5.41) is 19.7. The minimum atomic E-state index is -0.134. The first-order valence-corrected chi connectivity index (χ1v) is 12.9. The predicted molar refractivity (Wildman–Crippen MR) is 123 cm³/mol. The highest BCUT2D eigenvalue weighted by Gasteiger charge is 2.58. The zero-order valence-corrected chi connectivity index (χ0v) is 19.9. The molecule has 8 unspecified atom stereocenters. The summed E-state index contributed by atoms with van der Waals surface area (Å²) in [5.41, 5.74) is 2.53. The van der Waals surface area contributed by atoms with E-state index in [9.17, 15) is 10.2 Å². The van der Waals surface area contributed by atoms with Gasteiger partial charge in [0.05, 0.1) is 12.2 Å². The molecule has 0 aromatic heterocycles. The maximum Gasteiger partial charge on any atom is 0.0577 e. The van der Waals surface area contributed by atoms with E-state index in [2.05, 4.69) is 19.9 Å². The average molecular weight is 405 g/mol. The Bertz CT molecular complexity index is 567. The summed E-state index contributed by atoms with van der Waals surface area (Å²) in [6, 6.07) is 0. The molecule has 4 aliphatic rings. The van der Waals surface area contributed by atoms with Crippen LogP contribution in [0.1, 0.15) is 112 Å². The van der Waals surface area contributed by atoms with Gasteiger partial charge in [-0.3, -0.25) is 0 Å². The van der Waals surface area contributed by atoms with Gasteiger partial charge in [-0.15, -0.1) is 0 Å². The van der Waals surface area contributed by atoms with E-state index in [1.54, 1.807) is 5.57 Å². The Morgan fingerprint density at radius 3 is 2.52 bits per heavy atom. The van der Waals surface area contributed by atoms with E-state index in [1.165, 1.54) is 57.8 Å². The van der Waals surface area contributed by atoms with Crippen LogP contribution in [0.4, 0.5) is 0 Å². The summed E-state index contributed by atoms with van der Waals surface area (Å²) < 4.78 is 0. The van der Waals surface area contributed by atoms with Crippen molar-refractivity contribution < 1.29 is 10.2 Å². The van der Waals surface area contributed by atoms with E-state index < -0.39 is 0 Å². The predicted octanol–water partition coefficient (Wildman–Crippen LogP) is 6.89. The lowest BCUT2D eigenvalue weighted by Crippen LogP contribution is -2.50. The molecule has 0 aliphatic heterocycles. The van der Waals surface area contributed by atoms with Crippen molar-refractivity contribution in [1.29, 1.82) is 0 Å². The van der Waals surface area contributed by atoms with Gasteiger partial charge in [0.1, 0.15) is 0 Å². The highest BCUT2D eigenvalue weighted by atomic mass is 16.3. The molecule has 2 N–H and O–H groups in total. The molecule has 0 spiro atoms. The summed E-state index contributed by atoms with van der Waals surface area (Å²) in [5.74, 6) is 3.57. The van der Waals surface area contributed by atoms with Gasteiger partial charge < -0.3 is 10.2 Å². The number of aliphatic hydroxyl groups excluding tert-OH is 2. The standard InChI is InChI=1S/C25H42O2.C2H6/c1-17(26)6-4-5-7-18-9-11-22-21-10-8-19-16-20(27)12-14-25(19,3)23(21)13-15-24(18,22)2;1-2/h8,17-18,20-23,26-27H,4-7,9-16H2,1-3H3;1-2H3. The number of allylic oxidation sites excluding steroid dienone is 1. The smallest absolute Gasteiger partial charge is 0.0577 e. The van der Waals surface area contributed by atoms with Crippen molar-refractivity contribution >= 4 is 0 Å². The van der Waals surface area contributed by atoms with Crippen molar-refractivity contribution in [2.45, 2.75) is 124 Å². The molecular weight excluding hydrogens is 356 g/mol. The van der Waals surface area contributed by atoms with E-state index in [-0.39, 0.29) is 12.2 Å². The Labute approximate surface area is 180 Å². The molecule has 4 rings (SSSR count). The largest absolute Gasteiger partial charge is 0.393 e. The minimum Gasteiger partial charge on any atom is -0.393 e. The molecule has 3 saturated carbocycles. The highest BCUT2D eigenvalue weighted by molar-refractivity contribution is 5.25. The summed E-state index contributed by atoms with van der Waals surface area (Å²) in [7, 11) is 0. The van der Waals surface area contributed by atoms with Gasteiger partial charge in [-0.25, -0.2) is 0 Å². The number of rotatable bonds is 5. The third-order valence-corrected chi connectivity index (χ3v) is 9.70. The zero-order chi connectivity index (χ0) is 21.2. The Hall–Kier alpha value is -0.340. The van der Waals surface area contributed by atoms with Crippen LogP contribution in [-0.4, -0.2) is 22.4 Å². The van der Waals surface area contributed by atoms with Crippen LogP contribution < -0.4 is 0 Å². The average Bonchev–Trinajstić information content (AvgIpc) is 3.03. The van der Waals surface area contributed by atoms with Crippen LogP contribution >= 0.6 is 0 Å². The molecule has 2 nitrogen and oxygen atoms in total. The minimum absolute atomic E-state index is 0.0905. The number of aliphatic hydroxyl groups is 2. The molecule has 0 amide bonds. The lowest BCUT2D eigenvalue weighted by Gasteiger charge is -2.58. The quantitative estimate of drug-likeness (QED) is 0.387. The fourth-order valence-electron chi connectivity index (χ4n) is 8.06. The summed E-state index contributed by atoms with van der Waals surface area (Å²) in [4.78, 5) is 0. The number of fused-ring (bicyclic) bond motifs is 5. The molecule has 0 aromatic carbocycles. The second-order valence-corrected chi connectivity index (χ2v) is 11.1. The van der Waals surface area contributed by atoms with Crippen molar-refractivity contribution in [3.8, 4) is 0 Å². The molecule has 0 bridgehead atoms. The molecule has 29 heavy (non-hydrogen) atoms. The second kappa shape index (κ2) is 9.43. The van der Waals surface area contributed by atoms with Crippen LogP contribution in [0.2, 0.25) is 0 Å². The highest BCUT2D eigenvalue weighted by Crippen LogP contribution is 2.66. The van der Waals surface area contributed by atoms with Crippen molar-refractivity contribution in [2.24, 2.45) is 34.5 Å². The summed E-state index contributed by atoms with van der Waals surface area (Å²) in [6.45, 7) is 11.1. The normalized spacial score (nSPS) is 44.5. The first-order valence-electron chi connectivity index (χ1n) is 12.9. The van der Waals surface area contributed by atoms with Crippen molar-refractivity contribution in [1.82, 2.24) is 0 Å². The van der Waals surface area contributed by atoms with Gasteiger partial charge in [0.25, 0.3) is 0 Å². The molecule has 168 valence electrons. The molecule has 2 heteroatoms. The molecule has 0 heterocycles. The maximum absolute atomic E-state index is 10.2. The Morgan fingerprint density at radius 1 is 1.03 bits per heavy atom. The molecule has 8 atom stereocenters. The topological polar surface area (TPSA) is 40.5 Å². The summed E-state index contributed by atoms with van der Waals surface area (Å²) >= 11 is 0. The first-order chi connectivity index (χ1) is 13.8. The van der Waals surface area contributed by atoms with Crippen molar-refractivity contribution in [3.05, 3.63) is 11.6 Å². The lowest BCUT2D eigenvalue weighted by atomic mass is 9.47. The van der Waals surface area contributed by atoms with Crippen LogP contribution in [0.5, 0.6) is 0 Å². The third kappa shape index (κ3) is 4.36. The molecule has 0 saturated heterocycles. The van der Waals surface area contributed by atoms with E-state index in [4.69, 9.17) is 0 Å². The van der Waals surface area contributed by atoms with Crippen molar-refractivity contribution in [2.75, 3.05) is 0 Å². The Morgan fingerprint density at radius 2 is 1.79 bits per heavy atom. The molecule has 4 aliphatic carbocycles. The number of unbranched alkanes of at least 4 members (excludes halogenated alkanes) is 1. The van der Waals surface area contributed by atoms with Crippen LogP contribution in [-0.2, 0) is 0 Å². The molecule has 0 aromatic rings. The van der Waals surface area contributed by atoms with Gasteiger partial charge in [0, 0.05) is 0 Å². The van der Waals surface area contributed by atoms with Gasteiger partial charge in [-0.1, -0.05) is 52.2 Å². The fourth-order valence-corrected chi connectivity index (χ4v) is 8.06. The Kier molecular flexibility index (Phi) is 7.58. The van der Waals surface area contributed by atoms with Crippen molar-refractivity contribution in [3.63, 3.8) is 0 Å². The summed E-state index contributed by atoms with van der Waals surface area (Å²) in [6.07, 6.45) is 17.3. The van der Waals surface area contributed by atoms with Crippen LogP contribution in [0.3, 0.4) is 0 Å². The van der Waals surface area contributed by atoms with E-state index >= 15 is 0 Å². The SMILES string of the molecule is CC.CC(O)CCCCC1CCC2C3CC=C4CC(O)CCC4(C)C3CCC12C. The lowest BCUT2D eigenvalue weighted by molar-refractivity contribution is -0.0509. The van der Waals surface area contributed by atoms with Gasteiger partial charge in [-0.05, 0) is 106 Å². The third-order valence-electron chi connectivity index (χ3n) is 9.70. The van der Waals surface area contributed by atoms with Gasteiger partial charge in [0.15, 0.2) is 0 Å². The number of hydrogen-bond acceptors (Lipinski definition) is 2. The van der Waals surface area contributed by atoms with E-state index in [0.717, 1.165) is 42.9 Å². The van der Waals surface area contributed by atoms with Crippen LogP contribution in [0, 0.1) is 34.5 Å². The molecule has 3 fully saturated rings. The van der Waals surface area contributed by atoms with E-state index in [0.29, 0.717) is 10.8 Å². The van der Waals surface area contributed by atoms with Crippen LogP contribution in [0.15, 0.2) is 11.6 Å². The molecular formula is C27H48O2. The zero-order valence-electron chi connectivity index (χ0n) is 19.9. The first kappa shape index (κ1) is 23.3. The number of hydrogen-bond donors (Lipinski definition) is 2. The van der Waals surface area contributed by atoms with Gasteiger partial charge in [-0.2, -0.15) is 0 Å². The fraction of sp³-hybridized carbons (Fsp3) is 0.926. The second-order valence-electron chi connectivity index (χ2n) is 11.1. The maximum atomic E-state index is 10.2.